The van der Waals surface area contributed by atoms with Gasteiger partial charge in [-0.05, 0) is 24.3 Å². The Balaban J connectivity index is 2.59. The molecule has 0 atom stereocenters. The van der Waals surface area contributed by atoms with Gasteiger partial charge in [0, 0.05) is 14.1 Å². The highest BCUT2D eigenvalue weighted by molar-refractivity contribution is 7.92. The Morgan fingerprint density at radius 1 is 1.00 bits per heavy atom. The van der Waals surface area contributed by atoms with Crippen molar-refractivity contribution in [1.82, 2.24) is 4.90 Å². The van der Waals surface area contributed by atoms with Gasteiger partial charge in [0.15, 0.2) is 0 Å². The van der Waals surface area contributed by atoms with E-state index in [9.17, 15) is 13.2 Å². The van der Waals surface area contributed by atoms with Crippen molar-refractivity contribution in [2.45, 2.75) is 4.90 Å². The molecule has 0 radical (unpaired) electrons. The minimum Gasteiger partial charge on any atom is -0.347 e. The number of benzene rings is 2. The zero-order chi connectivity index (χ0) is 17.9. The molecule has 0 aliphatic carbocycles. The van der Waals surface area contributed by atoms with Crippen LogP contribution < -0.4 is 4.31 Å². The van der Waals surface area contributed by atoms with Crippen LogP contribution in [0, 0.1) is 0 Å². The fourth-order valence-electron chi connectivity index (χ4n) is 1.97. The van der Waals surface area contributed by atoms with Crippen LogP contribution in [0.25, 0.3) is 0 Å². The molecule has 8 heteroatoms. The first-order valence-corrected chi connectivity index (χ1v) is 9.16. The van der Waals surface area contributed by atoms with E-state index >= 15 is 0 Å². The number of anilines is 1. The maximum atomic E-state index is 13.0. The van der Waals surface area contributed by atoms with Crippen molar-refractivity contribution in [3.05, 3.63) is 58.6 Å². The van der Waals surface area contributed by atoms with Crippen LogP contribution in [-0.4, -0.2) is 39.9 Å². The molecule has 0 saturated heterocycles. The first kappa shape index (κ1) is 18.6. The molecule has 2 rings (SSSR count). The van der Waals surface area contributed by atoms with Gasteiger partial charge in [-0.3, -0.25) is 9.10 Å². The van der Waals surface area contributed by atoms with Crippen LogP contribution >= 0.6 is 23.2 Å². The van der Waals surface area contributed by atoms with E-state index < -0.39 is 10.0 Å². The molecule has 2 aromatic carbocycles. The van der Waals surface area contributed by atoms with Crippen molar-refractivity contribution in [1.29, 1.82) is 0 Å². The zero-order valence-electron chi connectivity index (χ0n) is 13.1. The van der Waals surface area contributed by atoms with Crippen molar-refractivity contribution in [3.8, 4) is 0 Å². The van der Waals surface area contributed by atoms with E-state index in [1.54, 1.807) is 44.4 Å². The van der Waals surface area contributed by atoms with Crippen molar-refractivity contribution >= 4 is 44.8 Å². The minimum atomic E-state index is -3.98. The van der Waals surface area contributed by atoms with Crippen molar-refractivity contribution in [2.75, 3.05) is 24.9 Å². The summed E-state index contributed by atoms with van der Waals surface area (Å²) in [7, 11) is -0.878. The summed E-state index contributed by atoms with van der Waals surface area (Å²) in [5.41, 5.74) is 0.156. The Labute approximate surface area is 151 Å². The second kappa shape index (κ2) is 7.42. The smallest absolute Gasteiger partial charge is 0.264 e. The van der Waals surface area contributed by atoms with Gasteiger partial charge in [-0.1, -0.05) is 47.5 Å². The van der Waals surface area contributed by atoms with E-state index in [0.717, 1.165) is 4.31 Å². The number of hydrogen-bond donors (Lipinski definition) is 0. The summed E-state index contributed by atoms with van der Waals surface area (Å²) >= 11 is 12.2. The van der Waals surface area contributed by atoms with Crippen molar-refractivity contribution in [3.63, 3.8) is 0 Å². The molecule has 0 saturated carbocycles. The molecule has 0 bridgehead atoms. The Kier molecular flexibility index (Phi) is 5.74. The first-order chi connectivity index (χ1) is 11.2. The molecule has 5 nitrogen and oxygen atoms in total. The van der Waals surface area contributed by atoms with E-state index in [0.29, 0.717) is 0 Å². The normalized spacial score (nSPS) is 11.2. The molecule has 2 aromatic rings. The van der Waals surface area contributed by atoms with E-state index in [1.165, 1.54) is 23.1 Å². The maximum absolute atomic E-state index is 13.0. The molecule has 128 valence electrons. The van der Waals surface area contributed by atoms with Crippen molar-refractivity contribution in [2.24, 2.45) is 0 Å². The molecule has 0 aromatic heterocycles. The third-order valence-electron chi connectivity index (χ3n) is 3.31. The Morgan fingerprint density at radius 2 is 1.62 bits per heavy atom. The topological polar surface area (TPSA) is 57.7 Å². The van der Waals surface area contributed by atoms with Gasteiger partial charge in [0.2, 0.25) is 5.91 Å². The van der Waals surface area contributed by atoms with Gasteiger partial charge < -0.3 is 4.90 Å². The number of carbonyl (C=O) groups excluding carboxylic acids is 1. The lowest BCUT2D eigenvalue weighted by atomic mass is 10.3. The lowest BCUT2D eigenvalue weighted by Gasteiger charge is -2.26. The summed E-state index contributed by atoms with van der Waals surface area (Å²) in [6.45, 7) is -0.385. The van der Waals surface area contributed by atoms with E-state index in [-0.39, 0.29) is 33.1 Å². The van der Waals surface area contributed by atoms with Crippen LogP contribution in [0.3, 0.4) is 0 Å². The van der Waals surface area contributed by atoms with Gasteiger partial charge in [0.05, 0.1) is 20.6 Å². The van der Waals surface area contributed by atoms with Gasteiger partial charge in [0.25, 0.3) is 10.0 Å². The van der Waals surface area contributed by atoms with Gasteiger partial charge in [-0.25, -0.2) is 8.42 Å². The van der Waals surface area contributed by atoms with Crippen LogP contribution in [0.1, 0.15) is 0 Å². The molecular formula is C16H16Cl2N2O3S. The Hall–Kier alpha value is -1.76. The highest BCUT2D eigenvalue weighted by Crippen LogP contribution is 2.35. The largest absolute Gasteiger partial charge is 0.347 e. The molecule has 0 heterocycles. The summed E-state index contributed by atoms with van der Waals surface area (Å²) in [6, 6.07) is 12.5. The third kappa shape index (κ3) is 3.83. The molecule has 0 fully saturated rings. The Morgan fingerprint density at radius 3 is 2.21 bits per heavy atom. The number of sulfonamides is 1. The molecular weight excluding hydrogens is 371 g/mol. The van der Waals surface area contributed by atoms with E-state index in [2.05, 4.69) is 0 Å². The zero-order valence-corrected chi connectivity index (χ0v) is 15.4. The summed E-state index contributed by atoms with van der Waals surface area (Å²) in [4.78, 5) is 13.5. The van der Waals surface area contributed by atoms with Crippen LogP contribution in [0.15, 0.2) is 53.4 Å². The van der Waals surface area contributed by atoms with Gasteiger partial charge >= 0.3 is 0 Å². The number of likely N-dealkylation sites (N-methyl/N-ethyl adjacent to an activating group) is 1. The maximum Gasteiger partial charge on any atom is 0.264 e. The molecule has 0 aliphatic heterocycles. The minimum absolute atomic E-state index is 0.0626. The fraction of sp³-hybridized carbons (Fsp3) is 0.188. The molecule has 0 unspecified atom stereocenters. The summed E-state index contributed by atoms with van der Waals surface area (Å²) in [6.07, 6.45) is 0. The standard InChI is InChI=1S/C16H16Cl2N2O3S/c1-19(2)15(21)11-20(14-10-6-9-13(17)16(14)18)24(22,23)12-7-4-3-5-8-12/h3-10H,11H2,1-2H3. The summed E-state index contributed by atoms with van der Waals surface area (Å²) in [5.74, 6) is -0.384. The second-order valence-corrected chi connectivity index (χ2v) is 7.83. The average molecular weight is 387 g/mol. The lowest BCUT2D eigenvalue weighted by Crippen LogP contribution is -2.40. The monoisotopic (exact) mass is 386 g/mol. The predicted octanol–water partition coefficient (Wildman–Crippen LogP) is 3.28. The first-order valence-electron chi connectivity index (χ1n) is 6.97. The third-order valence-corrected chi connectivity index (χ3v) is 5.89. The van der Waals surface area contributed by atoms with Gasteiger partial charge in [0.1, 0.15) is 6.54 Å². The van der Waals surface area contributed by atoms with Gasteiger partial charge in [-0.15, -0.1) is 0 Å². The number of halogens is 2. The quantitative estimate of drug-likeness (QED) is 0.791. The SMILES string of the molecule is CN(C)C(=O)CN(c1cccc(Cl)c1Cl)S(=O)(=O)c1ccccc1. The summed E-state index contributed by atoms with van der Waals surface area (Å²) < 4.78 is 27.0. The van der Waals surface area contributed by atoms with E-state index in [1.807, 2.05) is 0 Å². The van der Waals surface area contributed by atoms with E-state index in [4.69, 9.17) is 23.2 Å². The van der Waals surface area contributed by atoms with Gasteiger partial charge in [-0.2, -0.15) is 0 Å². The van der Waals surface area contributed by atoms with Crippen LogP contribution in [0.4, 0.5) is 5.69 Å². The lowest BCUT2D eigenvalue weighted by molar-refractivity contribution is -0.127. The molecule has 24 heavy (non-hydrogen) atoms. The molecule has 0 aliphatic rings. The number of carbonyl (C=O) groups is 1. The highest BCUT2D eigenvalue weighted by Gasteiger charge is 2.29. The predicted molar refractivity (Wildman–Crippen MR) is 96.1 cm³/mol. The molecule has 0 spiro atoms. The number of rotatable bonds is 5. The number of nitrogens with zero attached hydrogens (tertiary/aromatic N) is 2. The second-order valence-electron chi connectivity index (χ2n) is 5.19. The van der Waals surface area contributed by atoms with Crippen LogP contribution in [-0.2, 0) is 14.8 Å². The molecule has 0 N–H and O–H groups in total. The average Bonchev–Trinajstić information content (AvgIpc) is 2.56. The van der Waals surface area contributed by atoms with Crippen LogP contribution in [0.2, 0.25) is 10.0 Å². The fourth-order valence-corrected chi connectivity index (χ4v) is 3.86. The Bertz CT molecular complexity index is 840. The number of amides is 1. The summed E-state index contributed by atoms with van der Waals surface area (Å²) in [5, 5.41) is 0.282. The molecule has 1 amide bonds. The van der Waals surface area contributed by atoms with Crippen molar-refractivity contribution < 1.29 is 13.2 Å². The highest BCUT2D eigenvalue weighted by atomic mass is 35.5. The van der Waals surface area contributed by atoms with Crippen LogP contribution in [0.5, 0.6) is 0 Å². The number of hydrogen-bond acceptors (Lipinski definition) is 3.